The van der Waals surface area contributed by atoms with Gasteiger partial charge in [-0.2, -0.15) is 0 Å². The molecule has 2 saturated heterocycles. The third-order valence-corrected chi connectivity index (χ3v) is 15.9. The quantitative estimate of drug-likeness (QED) is 0.0354. The Kier molecular flexibility index (Phi) is 25.4. The Morgan fingerprint density at radius 3 is 0.804 bits per heavy atom. The molecule has 2 aliphatic heterocycles. The highest BCUT2D eigenvalue weighted by Crippen LogP contribution is 2.35. The normalized spacial score (nSPS) is 21.4. The van der Waals surface area contributed by atoms with E-state index in [1.807, 2.05) is 249 Å². The number of carbonyl (C=O) groups is 1. The Labute approximate surface area is 539 Å². The Balaban J connectivity index is 0.926. The fraction of sp³-hybridized carbons (Fsp3) is 0.295. The van der Waals surface area contributed by atoms with Crippen molar-refractivity contribution in [2.24, 2.45) is 0 Å². The first-order chi connectivity index (χ1) is 45.5. The van der Waals surface area contributed by atoms with Crippen molar-refractivity contribution in [2.45, 2.75) is 120 Å². The van der Waals surface area contributed by atoms with Crippen molar-refractivity contribution >= 4 is 5.97 Å². The van der Waals surface area contributed by atoms with E-state index in [-0.39, 0.29) is 66.1 Å². The molecular weight excluding hydrogens is 1160 g/mol. The van der Waals surface area contributed by atoms with Gasteiger partial charge in [0.25, 0.3) is 0 Å². The summed E-state index contributed by atoms with van der Waals surface area (Å²) in [5.74, 6) is -0.595. The zero-order valence-corrected chi connectivity index (χ0v) is 51.5. The maximum atomic E-state index is 14.4. The zero-order valence-electron chi connectivity index (χ0n) is 51.5. The molecule has 92 heavy (non-hydrogen) atoms. The summed E-state index contributed by atoms with van der Waals surface area (Å²) in [5, 5.41) is 0. The van der Waals surface area contributed by atoms with Crippen LogP contribution in [0.1, 0.15) is 54.9 Å². The van der Waals surface area contributed by atoms with E-state index in [9.17, 15) is 4.79 Å². The van der Waals surface area contributed by atoms with Crippen molar-refractivity contribution in [3.8, 4) is 0 Å². The molecule has 9 aromatic carbocycles. The standard InChI is InChI=1S/C78H80O14/c79-76(66-44-26-9-27-45-66)90-67(54-88-77-74(86-52-64-40-22-7-23-41-64)72(84-50-62-36-18-5-19-37-62)70(82-48-60-32-14-3-15-33-60)68(91-77)56-80-46-58-28-10-1-11-29-58)55-89-78-75(87-53-65-42-24-8-25-43-65)73(85-51-63-38-20-6-21-39-63)71(83-49-61-34-16-4-17-35-61)69(92-78)57-81-47-59-30-12-2-13-31-59/h1-45,67-75,77-78H,46-57H2/t68-,69-,70-,71-,72+,73+,74+,75+,77-,78-/m1/s1. The van der Waals surface area contributed by atoms with Gasteiger partial charge in [-0.3, -0.25) is 0 Å². The molecule has 0 N–H and O–H groups in total. The van der Waals surface area contributed by atoms with Crippen LogP contribution in [0.2, 0.25) is 0 Å². The summed E-state index contributed by atoms with van der Waals surface area (Å²) in [6.07, 6.45) is -9.77. The molecule has 11 rings (SSSR count). The summed E-state index contributed by atoms with van der Waals surface area (Å²) < 4.78 is 89.8. The minimum absolute atomic E-state index is 0.101. The largest absolute Gasteiger partial charge is 0.454 e. The minimum atomic E-state index is -1.14. The van der Waals surface area contributed by atoms with E-state index in [0.717, 1.165) is 44.5 Å². The molecule has 14 heteroatoms. The second-order valence-electron chi connectivity index (χ2n) is 22.7. The predicted octanol–water partition coefficient (Wildman–Crippen LogP) is 13.6. The summed E-state index contributed by atoms with van der Waals surface area (Å²) in [6.45, 7) is 1.64. The van der Waals surface area contributed by atoms with Crippen LogP contribution in [0.25, 0.3) is 0 Å². The van der Waals surface area contributed by atoms with E-state index >= 15 is 0 Å². The topological polar surface area (TPSA) is 137 Å². The van der Waals surface area contributed by atoms with Gasteiger partial charge in [0.2, 0.25) is 0 Å². The molecule has 0 spiro atoms. The molecule has 0 bridgehead atoms. The van der Waals surface area contributed by atoms with Gasteiger partial charge in [-0.05, 0) is 56.6 Å². The van der Waals surface area contributed by atoms with Crippen molar-refractivity contribution < 1.29 is 66.4 Å². The molecule has 2 fully saturated rings. The van der Waals surface area contributed by atoms with Gasteiger partial charge >= 0.3 is 5.97 Å². The third kappa shape index (κ3) is 20.0. The van der Waals surface area contributed by atoms with Gasteiger partial charge < -0.3 is 61.6 Å². The second kappa shape index (κ2) is 35.7. The van der Waals surface area contributed by atoms with Crippen LogP contribution in [0.15, 0.2) is 273 Å². The molecule has 0 radical (unpaired) electrons. The summed E-state index contributed by atoms with van der Waals surface area (Å²) in [7, 11) is 0. The zero-order chi connectivity index (χ0) is 62.6. The monoisotopic (exact) mass is 1240 g/mol. The van der Waals surface area contributed by atoms with Gasteiger partial charge in [-0.25, -0.2) is 4.79 Å². The van der Waals surface area contributed by atoms with Crippen LogP contribution in [-0.4, -0.2) is 99.9 Å². The van der Waals surface area contributed by atoms with Crippen LogP contribution in [0.4, 0.5) is 0 Å². The lowest BCUT2D eigenvalue weighted by atomic mass is 9.97. The summed E-state index contributed by atoms with van der Waals surface area (Å²) >= 11 is 0. The fourth-order valence-corrected chi connectivity index (χ4v) is 11.1. The van der Waals surface area contributed by atoms with Gasteiger partial charge in [-0.15, -0.1) is 0 Å². The van der Waals surface area contributed by atoms with Crippen molar-refractivity contribution in [1.82, 2.24) is 0 Å². The summed E-state index contributed by atoms with van der Waals surface area (Å²) in [6, 6.07) is 88.4. The molecule has 0 saturated carbocycles. The first-order valence-electron chi connectivity index (χ1n) is 31.5. The van der Waals surface area contributed by atoms with Gasteiger partial charge in [-0.1, -0.05) is 261 Å². The SMILES string of the molecule is O=C(OC(CO[C@@H]1O[C@H](COCc2ccccc2)[C@@H](OCc2ccccc2)[C@H](OCc2ccccc2)[C@@H]1OCc1ccccc1)CO[C@@H]1O[C@H](COCc2ccccc2)[C@@H](OCc2ccccc2)[C@H](OCc2ccccc2)[C@@H]1OCc1ccccc1)c1ccccc1. The average Bonchev–Trinajstić information content (AvgIpc) is 1.13. The van der Waals surface area contributed by atoms with Crippen LogP contribution in [0.5, 0.6) is 0 Å². The molecule has 14 nitrogen and oxygen atoms in total. The lowest BCUT2D eigenvalue weighted by Gasteiger charge is -2.46. The Hall–Kier alpha value is -8.03. The molecule has 2 aliphatic rings. The fourth-order valence-electron chi connectivity index (χ4n) is 11.1. The van der Waals surface area contributed by atoms with E-state index in [2.05, 4.69) is 0 Å². The van der Waals surface area contributed by atoms with Gasteiger partial charge in [0.15, 0.2) is 12.6 Å². The van der Waals surface area contributed by atoms with Gasteiger partial charge in [0.1, 0.15) is 54.9 Å². The molecular formula is C78H80O14. The number of hydrogen-bond acceptors (Lipinski definition) is 14. The van der Waals surface area contributed by atoms with Crippen LogP contribution in [-0.2, 0) is 114 Å². The maximum absolute atomic E-state index is 14.4. The Bertz CT molecular complexity index is 3250. The molecule has 0 aliphatic carbocycles. The van der Waals surface area contributed by atoms with Crippen molar-refractivity contribution in [2.75, 3.05) is 26.4 Å². The van der Waals surface area contributed by atoms with Gasteiger partial charge in [0.05, 0.1) is 84.8 Å². The van der Waals surface area contributed by atoms with E-state index in [0.29, 0.717) is 18.8 Å². The molecule has 0 aromatic heterocycles. The third-order valence-electron chi connectivity index (χ3n) is 15.9. The van der Waals surface area contributed by atoms with E-state index in [1.165, 1.54) is 0 Å². The number of benzene rings is 9. The smallest absolute Gasteiger partial charge is 0.338 e. The second-order valence-corrected chi connectivity index (χ2v) is 22.7. The minimum Gasteiger partial charge on any atom is -0.454 e. The molecule has 476 valence electrons. The molecule has 0 amide bonds. The molecule has 0 unspecified atom stereocenters. The highest BCUT2D eigenvalue weighted by atomic mass is 16.7. The van der Waals surface area contributed by atoms with Crippen LogP contribution in [0, 0.1) is 0 Å². The first-order valence-corrected chi connectivity index (χ1v) is 31.5. The molecule has 2 heterocycles. The highest BCUT2D eigenvalue weighted by molar-refractivity contribution is 5.89. The Morgan fingerprint density at radius 1 is 0.283 bits per heavy atom. The first kappa shape index (κ1) is 65.5. The van der Waals surface area contributed by atoms with Gasteiger partial charge in [0, 0.05) is 0 Å². The Morgan fingerprint density at radius 2 is 0.522 bits per heavy atom. The van der Waals surface area contributed by atoms with Crippen LogP contribution in [0.3, 0.4) is 0 Å². The van der Waals surface area contributed by atoms with E-state index < -0.39 is 73.5 Å². The molecule has 10 atom stereocenters. The van der Waals surface area contributed by atoms with E-state index in [1.54, 1.807) is 24.3 Å². The van der Waals surface area contributed by atoms with Crippen molar-refractivity contribution in [3.63, 3.8) is 0 Å². The van der Waals surface area contributed by atoms with E-state index in [4.69, 9.17) is 61.6 Å². The number of carbonyl (C=O) groups excluding carboxylic acids is 1. The number of esters is 1. The summed E-state index contributed by atoms with van der Waals surface area (Å²) in [5.41, 5.74) is 7.99. The highest BCUT2D eigenvalue weighted by Gasteiger charge is 2.51. The predicted molar refractivity (Wildman–Crippen MR) is 347 cm³/mol. The van der Waals surface area contributed by atoms with Crippen LogP contribution >= 0.6 is 0 Å². The maximum Gasteiger partial charge on any atom is 0.338 e. The lowest BCUT2D eigenvalue weighted by molar-refractivity contribution is -0.338. The van der Waals surface area contributed by atoms with Crippen LogP contribution < -0.4 is 0 Å². The number of hydrogen-bond donors (Lipinski definition) is 0. The van der Waals surface area contributed by atoms with Crippen molar-refractivity contribution in [3.05, 3.63) is 323 Å². The lowest BCUT2D eigenvalue weighted by Crippen LogP contribution is -2.62. The van der Waals surface area contributed by atoms with Crippen molar-refractivity contribution in [1.29, 1.82) is 0 Å². The number of rotatable bonds is 34. The number of ether oxygens (including phenoxy) is 13. The molecule has 9 aromatic rings. The summed E-state index contributed by atoms with van der Waals surface area (Å²) in [4.78, 5) is 14.4. The average molecular weight is 1240 g/mol.